The molecule has 0 radical (unpaired) electrons. The molecule has 2 heterocycles. The molecule has 200 valence electrons. The van der Waals surface area contributed by atoms with Crippen molar-refractivity contribution in [2.45, 2.75) is 51.7 Å². The molecule has 0 aliphatic carbocycles. The minimum Gasteiger partial charge on any atom is -0.444 e. The zero-order valence-corrected chi connectivity index (χ0v) is 23.1. The smallest absolute Gasteiger partial charge is 0.407 e. The lowest BCUT2D eigenvalue weighted by atomic mass is 9.95. The summed E-state index contributed by atoms with van der Waals surface area (Å²) in [7, 11) is 0. The van der Waals surface area contributed by atoms with E-state index >= 15 is 0 Å². The SMILES string of the molecule is CC(C)(C)OC(=O)NC1CCN(c2c(CC(=O)c3cccc(Cl)c3)cncc2-c2cc(F)cc(Cl)c2)CC1. The Balaban J connectivity index is 1.63. The first kappa shape index (κ1) is 27.9. The van der Waals surface area contributed by atoms with Gasteiger partial charge in [-0.25, -0.2) is 9.18 Å². The first-order chi connectivity index (χ1) is 18.0. The Bertz CT molecular complexity index is 1310. The normalized spacial score (nSPS) is 14.3. The molecule has 0 spiro atoms. The van der Waals surface area contributed by atoms with Gasteiger partial charge in [-0.3, -0.25) is 9.78 Å². The number of alkyl carbamates (subject to hydrolysis) is 1. The maximum Gasteiger partial charge on any atom is 0.407 e. The summed E-state index contributed by atoms with van der Waals surface area (Å²) >= 11 is 12.3. The monoisotopic (exact) mass is 557 g/mol. The van der Waals surface area contributed by atoms with E-state index in [1.807, 2.05) is 20.8 Å². The average Bonchev–Trinajstić information content (AvgIpc) is 2.83. The van der Waals surface area contributed by atoms with Gasteiger partial charge in [0.25, 0.3) is 0 Å². The lowest BCUT2D eigenvalue weighted by molar-refractivity contribution is 0.0497. The summed E-state index contributed by atoms with van der Waals surface area (Å²) in [6.07, 6.45) is 4.34. The number of carbonyl (C=O) groups is 2. The third kappa shape index (κ3) is 7.23. The summed E-state index contributed by atoms with van der Waals surface area (Å²) in [6, 6.07) is 11.1. The average molecular weight is 558 g/mol. The van der Waals surface area contributed by atoms with Crippen LogP contribution >= 0.6 is 23.2 Å². The molecule has 0 atom stereocenters. The topological polar surface area (TPSA) is 71.5 Å². The van der Waals surface area contributed by atoms with E-state index in [1.165, 1.54) is 12.1 Å². The van der Waals surface area contributed by atoms with Crippen LogP contribution < -0.4 is 10.2 Å². The molecule has 9 heteroatoms. The van der Waals surface area contributed by atoms with Crippen molar-refractivity contribution in [2.75, 3.05) is 18.0 Å². The highest BCUT2D eigenvalue weighted by Gasteiger charge is 2.27. The first-order valence-corrected chi connectivity index (χ1v) is 13.2. The quantitative estimate of drug-likeness (QED) is 0.327. The Morgan fingerprint density at radius 3 is 2.47 bits per heavy atom. The molecule has 0 unspecified atom stereocenters. The van der Waals surface area contributed by atoms with Crippen molar-refractivity contribution < 1.29 is 18.7 Å². The van der Waals surface area contributed by atoms with Gasteiger partial charge in [0.05, 0.1) is 5.69 Å². The highest BCUT2D eigenvalue weighted by atomic mass is 35.5. The Hall–Kier alpha value is -3.16. The zero-order chi connectivity index (χ0) is 27.4. The fraction of sp³-hybridized carbons (Fsp3) is 0.345. The van der Waals surface area contributed by atoms with Gasteiger partial charge < -0.3 is 15.0 Å². The summed E-state index contributed by atoms with van der Waals surface area (Å²) in [5.74, 6) is -0.564. The number of rotatable bonds is 6. The van der Waals surface area contributed by atoms with E-state index in [0.29, 0.717) is 53.2 Å². The van der Waals surface area contributed by atoms with Crippen LogP contribution in [-0.4, -0.2) is 41.6 Å². The summed E-state index contributed by atoms with van der Waals surface area (Å²) in [6.45, 7) is 6.69. The minimum atomic E-state index is -0.576. The van der Waals surface area contributed by atoms with Crippen molar-refractivity contribution in [2.24, 2.45) is 0 Å². The third-order valence-electron chi connectivity index (χ3n) is 6.20. The molecular formula is C29H30Cl2FN3O3. The van der Waals surface area contributed by atoms with E-state index < -0.39 is 17.5 Å². The Morgan fingerprint density at radius 2 is 1.82 bits per heavy atom. The molecule has 1 saturated heterocycles. The van der Waals surface area contributed by atoms with Crippen LogP contribution in [0, 0.1) is 5.82 Å². The van der Waals surface area contributed by atoms with Crippen molar-refractivity contribution in [3.63, 3.8) is 0 Å². The Kier molecular flexibility index (Phi) is 8.58. The first-order valence-electron chi connectivity index (χ1n) is 12.4. The van der Waals surface area contributed by atoms with Crippen LogP contribution in [0.2, 0.25) is 10.0 Å². The highest BCUT2D eigenvalue weighted by Crippen LogP contribution is 2.37. The third-order valence-corrected chi connectivity index (χ3v) is 6.65. The van der Waals surface area contributed by atoms with Crippen LogP contribution in [-0.2, 0) is 11.2 Å². The Morgan fingerprint density at radius 1 is 1.08 bits per heavy atom. The fourth-order valence-corrected chi connectivity index (χ4v) is 4.99. The van der Waals surface area contributed by atoms with Gasteiger partial charge in [0.2, 0.25) is 0 Å². The van der Waals surface area contributed by atoms with Crippen LogP contribution in [0.3, 0.4) is 0 Å². The van der Waals surface area contributed by atoms with Gasteiger partial charge in [-0.15, -0.1) is 0 Å². The second-order valence-electron chi connectivity index (χ2n) is 10.4. The minimum absolute atomic E-state index is 0.0495. The molecule has 38 heavy (non-hydrogen) atoms. The maximum absolute atomic E-state index is 14.3. The number of Topliss-reactive ketones (excluding diaryl/α,β-unsaturated/α-hetero) is 1. The molecule has 1 aliphatic rings. The van der Waals surface area contributed by atoms with E-state index in [4.69, 9.17) is 27.9 Å². The van der Waals surface area contributed by atoms with Crippen LogP contribution in [0.5, 0.6) is 0 Å². The molecule has 0 bridgehead atoms. The number of nitrogens with one attached hydrogen (secondary N) is 1. The number of aromatic nitrogens is 1. The molecule has 1 aliphatic heterocycles. The molecule has 6 nitrogen and oxygen atoms in total. The molecule has 1 fully saturated rings. The van der Waals surface area contributed by atoms with Gasteiger partial charge in [-0.05, 0) is 69.5 Å². The fourth-order valence-electron chi connectivity index (χ4n) is 4.58. The van der Waals surface area contributed by atoms with Gasteiger partial charge in [0.15, 0.2) is 5.78 Å². The second kappa shape index (κ2) is 11.7. The lowest BCUT2D eigenvalue weighted by Gasteiger charge is -2.36. The summed E-state index contributed by atoms with van der Waals surface area (Å²) in [5, 5.41) is 3.70. The molecular weight excluding hydrogens is 528 g/mol. The summed E-state index contributed by atoms with van der Waals surface area (Å²) in [4.78, 5) is 32.0. The number of carbonyl (C=O) groups excluding carboxylic acids is 2. The van der Waals surface area contributed by atoms with Gasteiger partial charge in [0, 0.05) is 64.7 Å². The zero-order valence-electron chi connectivity index (χ0n) is 21.6. The summed E-state index contributed by atoms with van der Waals surface area (Å²) < 4.78 is 19.7. The number of piperidine rings is 1. The molecule has 1 N–H and O–H groups in total. The number of pyridine rings is 1. The van der Waals surface area contributed by atoms with Crippen LogP contribution in [0.1, 0.15) is 49.5 Å². The van der Waals surface area contributed by atoms with Crippen molar-refractivity contribution in [1.29, 1.82) is 0 Å². The van der Waals surface area contributed by atoms with Gasteiger partial charge >= 0.3 is 6.09 Å². The molecule has 4 rings (SSSR count). The number of amides is 1. The number of halogens is 3. The van der Waals surface area contributed by atoms with Crippen molar-refractivity contribution in [3.8, 4) is 11.1 Å². The lowest BCUT2D eigenvalue weighted by Crippen LogP contribution is -2.46. The predicted octanol–water partition coefficient (Wildman–Crippen LogP) is 7.11. The molecule has 2 aromatic carbocycles. The molecule has 1 aromatic heterocycles. The van der Waals surface area contributed by atoms with E-state index in [9.17, 15) is 14.0 Å². The molecule has 3 aromatic rings. The number of ether oxygens (including phenoxy) is 1. The van der Waals surface area contributed by atoms with Crippen molar-refractivity contribution >= 4 is 40.8 Å². The van der Waals surface area contributed by atoms with Crippen LogP contribution in [0.25, 0.3) is 11.1 Å². The highest BCUT2D eigenvalue weighted by molar-refractivity contribution is 6.31. The number of anilines is 1. The molecule has 1 amide bonds. The number of benzene rings is 2. The van der Waals surface area contributed by atoms with E-state index in [2.05, 4.69) is 15.2 Å². The van der Waals surface area contributed by atoms with Gasteiger partial charge in [0.1, 0.15) is 11.4 Å². The number of ketones is 1. The number of hydrogen-bond acceptors (Lipinski definition) is 5. The predicted molar refractivity (Wildman–Crippen MR) is 149 cm³/mol. The van der Waals surface area contributed by atoms with Crippen LogP contribution in [0.4, 0.5) is 14.9 Å². The van der Waals surface area contributed by atoms with Gasteiger partial charge in [-0.1, -0.05) is 35.3 Å². The number of nitrogens with zero attached hydrogens (tertiary/aromatic N) is 2. The van der Waals surface area contributed by atoms with E-state index in [0.717, 1.165) is 5.69 Å². The van der Waals surface area contributed by atoms with E-state index in [-0.39, 0.29) is 23.3 Å². The Labute approximate surface area is 232 Å². The van der Waals surface area contributed by atoms with E-state index in [1.54, 1.807) is 42.7 Å². The van der Waals surface area contributed by atoms with Crippen LogP contribution in [0.15, 0.2) is 54.9 Å². The van der Waals surface area contributed by atoms with Gasteiger partial charge in [-0.2, -0.15) is 0 Å². The molecule has 0 saturated carbocycles. The van der Waals surface area contributed by atoms with Crippen molar-refractivity contribution in [1.82, 2.24) is 10.3 Å². The second-order valence-corrected chi connectivity index (χ2v) is 11.2. The number of hydrogen-bond donors (Lipinski definition) is 1. The largest absolute Gasteiger partial charge is 0.444 e. The summed E-state index contributed by atoms with van der Waals surface area (Å²) in [5.41, 5.74) is 2.69. The standard InChI is InChI=1S/C29H30Cl2FN3O3/c1-29(2,3)38-28(37)34-24-7-9-35(10-8-24)27-20(14-26(36)18-5-4-6-21(30)11-18)16-33-17-25(27)19-12-22(31)15-23(32)13-19/h4-6,11-13,15-17,24H,7-10,14H2,1-3H3,(H,34,37). The maximum atomic E-state index is 14.3. The van der Waals surface area contributed by atoms with Crippen molar-refractivity contribution in [3.05, 3.63) is 81.8 Å².